The minimum Gasteiger partial charge on any atom is -0.346 e. The Kier molecular flexibility index (Phi) is 16.4. The predicted molar refractivity (Wildman–Crippen MR) is 194 cm³/mol. The first-order valence-corrected chi connectivity index (χ1v) is 19.4. The maximum atomic E-state index is 14.6. The standard InChI is InChI=1S/C35H63N7O7S/c1-11-16-26(30(43)32(45)36-20-12-2)37-31(44)29-25(23(3)4)19-21-42(29)33(46)28(24-17-14-13-15-18-24)39-34(47)38-27(35(5,6)7)22-41(10)50(48,49)40(8)9/h12,23-29H,2,11,13-22H2,1,3-10H3,(H,36,45)(H,37,44)(H2,38,39,47)/t25-,26?,27-,28+,29+/m1/s1. The van der Waals surface area contributed by atoms with Crippen LogP contribution in [0.3, 0.4) is 0 Å². The lowest BCUT2D eigenvalue weighted by Crippen LogP contribution is -2.61. The van der Waals surface area contributed by atoms with Gasteiger partial charge in [-0.3, -0.25) is 19.2 Å². The number of urea groups is 1. The lowest BCUT2D eigenvalue weighted by atomic mass is 9.82. The second kappa shape index (κ2) is 19.0. The van der Waals surface area contributed by atoms with E-state index in [9.17, 15) is 32.4 Å². The first-order chi connectivity index (χ1) is 23.3. The maximum absolute atomic E-state index is 14.6. The summed E-state index contributed by atoms with van der Waals surface area (Å²) in [5, 5.41) is 11.2. The number of amides is 5. The Balaban J connectivity index is 2.39. The Morgan fingerprint density at radius 2 is 1.58 bits per heavy atom. The summed E-state index contributed by atoms with van der Waals surface area (Å²) in [6.07, 6.45) is 7.12. The van der Waals surface area contributed by atoms with Crippen LogP contribution in [0.15, 0.2) is 12.7 Å². The second-order valence-electron chi connectivity index (χ2n) is 15.4. The zero-order chi connectivity index (χ0) is 38.0. The van der Waals surface area contributed by atoms with E-state index < -0.39 is 63.4 Å². The largest absolute Gasteiger partial charge is 0.346 e. The number of likely N-dealkylation sites (N-methyl/N-ethyl adjacent to an activating group) is 1. The summed E-state index contributed by atoms with van der Waals surface area (Å²) in [5.41, 5.74) is -0.532. The average molecular weight is 726 g/mol. The Morgan fingerprint density at radius 1 is 0.960 bits per heavy atom. The third-order valence-corrected chi connectivity index (χ3v) is 11.9. The van der Waals surface area contributed by atoms with Crippen LogP contribution >= 0.6 is 0 Å². The van der Waals surface area contributed by atoms with Gasteiger partial charge in [0.15, 0.2) is 0 Å². The summed E-state index contributed by atoms with van der Waals surface area (Å²) in [6, 6.07) is -4.06. The van der Waals surface area contributed by atoms with E-state index in [1.807, 2.05) is 41.5 Å². The van der Waals surface area contributed by atoms with Gasteiger partial charge in [-0.2, -0.15) is 17.0 Å². The number of nitrogens with one attached hydrogen (secondary N) is 4. The molecular formula is C35H63N7O7S. The Hall–Kier alpha value is -3.04. The maximum Gasteiger partial charge on any atom is 0.315 e. The van der Waals surface area contributed by atoms with E-state index in [1.165, 1.54) is 31.5 Å². The van der Waals surface area contributed by atoms with Gasteiger partial charge >= 0.3 is 6.03 Å². The minimum atomic E-state index is -3.74. The Bertz CT molecular complexity index is 1310. The molecule has 1 heterocycles. The van der Waals surface area contributed by atoms with Crippen LogP contribution in [0.4, 0.5) is 4.79 Å². The summed E-state index contributed by atoms with van der Waals surface area (Å²) in [5.74, 6) is -2.75. The molecule has 1 unspecified atom stereocenters. The quantitative estimate of drug-likeness (QED) is 0.131. The van der Waals surface area contributed by atoms with Crippen molar-refractivity contribution in [3.8, 4) is 0 Å². The number of carbonyl (C=O) groups is 5. The summed E-state index contributed by atoms with van der Waals surface area (Å²) in [7, 11) is 0.602. The van der Waals surface area contributed by atoms with Crippen molar-refractivity contribution in [2.24, 2.45) is 23.2 Å². The molecule has 1 aliphatic heterocycles. The third kappa shape index (κ3) is 11.5. The van der Waals surface area contributed by atoms with Gasteiger partial charge in [0.25, 0.3) is 16.1 Å². The molecule has 5 amide bonds. The van der Waals surface area contributed by atoms with Crippen molar-refractivity contribution in [2.45, 2.75) is 117 Å². The van der Waals surface area contributed by atoms with Gasteiger partial charge in [-0.05, 0) is 48.9 Å². The van der Waals surface area contributed by atoms with Gasteiger partial charge in [0, 0.05) is 46.8 Å². The molecule has 14 nitrogen and oxygen atoms in total. The lowest BCUT2D eigenvalue weighted by Gasteiger charge is -2.38. The molecule has 4 N–H and O–H groups in total. The molecule has 0 aromatic carbocycles. The van der Waals surface area contributed by atoms with Crippen molar-refractivity contribution in [2.75, 3.05) is 40.8 Å². The predicted octanol–water partition coefficient (Wildman–Crippen LogP) is 2.42. The molecule has 1 aliphatic carbocycles. The van der Waals surface area contributed by atoms with Crippen LogP contribution < -0.4 is 21.3 Å². The molecule has 0 radical (unpaired) electrons. The molecule has 0 aromatic rings. The van der Waals surface area contributed by atoms with Gasteiger partial charge in [0.1, 0.15) is 12.1 Å². The fourth-order valence-electron chi connectivity index (χ4n) is 6.86. The fourth-order valence-corrected chi connectivity index (χ4v) is 7.75. The molecule has 1 saturated heterocycles. The number of Topliss-reactive ketones (excluding diaryl/α,β-unsaturated/α-hetero) is 1. The molecule has 5 atom stereocenters. The van der Waals surface area contributed by atoms with E-state index in [0.717, 1.165) is 36.4 Å². The van der Waals surface area contributed by atoms with Gasteiger partial charge in [0.2, 0.25) is 17.6 Å². The molecule has 286 valence electrons. The molecule has 2 rings (SSSR count). The average Bonchev–Trinajstić information content (AvgIpc) is 3.50. The summed E-state index contributed by atoms with van der Waals surface area (Å²) < 4.78 is 27.8. The summed E-state index contributed by atoms with van der Waals surface area (Å²) in [4.78, 5) is 69.4. The zero-order valence-electron chi connectivity index (χ0n) is 31.7. The van der Waals surface area contributed by atoms with Crippen molar-refractivity contribution in [1.82, 2.24) is 34.8 Å². The number of hydrogen-bond donors (Lipinski definition) is 4. The van der Waals surface area contributed by atoms with Gasteiger partial charge in [-0.1, -0.05) is 73.3 Å². The highest BCUT2D eigenvalue weighted by molar-refractivity contribution is 7.86. The van der Waals surface area contributed by atoms with Crippen LogP contribution in [-0.4, -0.2) is 116 Å². The summed E-state index contributed by atoms with van der Waals surface area (Å²) >= 11 is 0. The molecule has 0 spiro atoms. The third-order valence-electron chi connectivity index (χ3n) is 10.0. The van der Waals surface area contributed by atoms with Crippen LogP contribution in [0.25, 0.3) is 0 Å². The van der Waals surface area contributed by atoms with Crippen molar-refractivity contribution in [3.05, 3.63) is 12.7 Å². The van der Waals surface area contributed by atoms with Gasteiger partial charge in [-0.25, -0.2) is 4.79 Å². The molecule has 1 saturated carbocycles. The zero-order valence-corrected chi connectivity index (χ0v) is 32.5. The van der Waals surface area contributed by atoms with Crippen LogP contribution in [-0.2, 0) is 29.4 Å². The SMILES string of the molecule is C=CCNC(=O)C(=O)C(CCC)NC(=O)[C@@H]1[C@@H](C(C)C)CCN1C(=O)[C@@H](NC(=O)N[C@H](CN(C)S(=O)(=O)N(C)C)C(C)(C)C)C1CCCCC1. The van der Waals surface area contributed by atoms with E-state index in [0.29, 0.717) is 19.4 Å². The number of ketones is 1. The first-order valence-electron chi connectivity index (χ1n) is 18.0. The molecular weight excluding hydrogens is 662 g/mol. The second-order valence-corrected chi connectivity index (χ2v) is 17.6. The highest BCUT2D eigenvalue weighted by Gasteiger charge is 2.47. The molecule has 2 fully saturated rings. The Labute approximate surface area is 300 Å². The number of nitrogens with zero attached hydrogens (tertiary/aromatic N) is 3. The van der Waals surface area contributed by atoms with Crippen molar-refractivity contribution in [1.29, 1.82) is 0 Å². The van der Waals surface area contributed by atoms with Gasteiger partial charge in [-0.15, -0.1) is 6.58 Å². The number of likely N-dealkylation sites (tertiary alicyclic amines) is 1. The molecule has 15 heteroatoms. The van der Waals surface area contributed by atoms with Crippen LogP contribution in [0.1, 0.15) is 92.9 Å². The van der Waals surface area contributed by atoms with E-state index in [-0.39, 0.29) is 43.2 Å². The van der Waals surface area contributed by atoms with E-state index in [1.54, 1.807) is 4.90 Å². The lowest BCUT2D eigenvalue weighted by molar-refractivity contribution is -0.144. The van der Waals surface area contributed by atoms with Crippen molar-refractivity contribution >= 4 is 39.7 Å². The first kappa shape index (κ1) is 43.1. The van der Waals surface area contributed by atoms with E-state index in [4.69, 9.17) is 0 Å². The molecule has 2 aliphatic rings. The minimum absolute atomic E-state index is 0.00712. The van der Waals surface area contributed by atoms with Gasteiger partial charge in [0.05, 0.1) is 6.04 Å². The van der Waals surface area contributed by atoms with Crippen LogP contribution in [0, 0.1) is 23.2 Å². The molecule has 0 aromatic heterocycles. The smallest absolute Gasteiger partial charge is 0.315 e. The molecule has 50 heavy (non-hydrogen) atoms. The number of rotatable bonds is 17. The highest BCUT2D eigenvalue weighted by atomic mass is 32.2. The van der Waals surface area contributed by atoms with E-state index >= 15 is 0 Å². The van der Waals surface area contributed by atoms with Crippen LogP contribution in [0.2, 0.25) is 0 Å². The van der Waals surface area contributed by atoms with Crippen LogP contribution in [0.5, 0.6) is 0 Å². The van der Waals surface area contributed by atoms with E-state index in [2.05, 4.69) is 27.8 Å². The van der Waals surface area contributed by atoms with Gasteiger partial charge < -0.3 is 26.2 Å². The topological polar surface area (TPSA) is 177 Å². The normalized spacial score (nSPS) is 20.7. The summed E-state index contributed by atoms with van der Waals surface area (Å²) in [6.45, 7) is 15.5. The monoisotopic (exact) mass is 725 g/mol. The Morgan fingerprint density at radius 3 is 2.10 bits per heavy atom. The fraction of sp³-hybridized carbons (Fsp3) is 0.800. The molecule has 0 bridgehead atoms. The van der Waals surface area contributed by atoms with Crippen molar-refractivity contribution in [3.63, 3.8) is 0 Å². The van der Waals surface area contributed by atoms with Crippen molar-refractivity contribution < 1.29 is 32.4 Å². The number of hydrogen-bond acceptors (Lipinski definition) is 7. The highest BCUT2D eigenvalue weighted by Crippen LogP contribution is 2.34. The number of carbonyl (C=O) groups excluding carboxylic acids is 5.